The number of hydrogen-bond donors (Lipinski definition) is 1. The lowest BCUT2D eigenvalue weighted by atomic mass is 10.3. The van der Waals surface area contributed by atoms with E-state index in [9.17, 15) is 4.79 Å². The van der Waals surface area contributed by atoms with Crippen LogP contribution in [0.15, 0.2) is 29.4 Å². The Balaban J connectivity index is 1.87. The van der Waals surface area contributed by atoms with Gasteiger partial charge in [0.25, 0.3) is 0 Å². The molecule has 1 saturated carbocycles. The molecular weight excluding hydrogens is 208 g/mol. The molecule has 1 aliphatic carbocycles. The van der Waals surface area contributed by atoms with Gasteiger partial charge < -0.3 is 4.98 Å². The van der Waals surface area contributed by atoms with Crippen LogP contribution in [0.3, 0.4) is 0 Å². The maximum atomic E-state index is 11.6. The van der Waals surface area contributed by atoms with E-state index in [-0.39, 0.29) is 11.0 Å². The normalized spacial score (nSPS) is 15.7. The van der Waals surface area contributed by atoms with Gasteiger partial charge in [-0.05, 0) is 36.7 Å². The van der Waals surface area contributed by atoms with E-state index < -0.39 is 0 Å². The van der Waals surface area contributed by atoms with E-state index in [2.05, 4.69) is 9.97 Å². The van der Waals surface area contributed by atoms with Crippen molar-refractivity contribution in [2.24, 2.45) is 5.92 Å². The zero-order valence-corrected chi connectivity index (χ0v) is 8.88. The minimum Gasteiger partial charge on any atom is -0.333 e. The number of hydrogen-bond acceptors (Lipinski definition) is 3. The van der Waals surface area contributed by atoms with Gasteiger partial charge in [0.2, 0.25) is 0 Å². The Hall–Kier alpha value is -1.29. The second-order valence-electron chi connectivity index (χ2n) is 3.75. The number of carbonyl (C=O) groups is 1. The minimum absolute atomic E-state index is 0.244. The molecule has 4 heteroatoms. The summed E-state index contributed by atoms with van der Waals surface area (Å²) >= 11 is 1.23. The fourth-order valence-electron chi connectivity index (χ4n) is 1.48. The highest BCUT2D eigenvalue weighted by Gasteiger charge is 2.30. The predicted octanol–water partition coefficient (Wildman–Crippen LogP) is 2.59. The summed E-state index contributed by atoms with van der Waals surface area (Å²) in [7, 11) is 0. The molecular formula is C11H10N2OS. The molecule has 3 nitrogen and oxygen atoms in total. The Morgan fingerprint density at radius 1 is 1.40 bits per heavy atom. The van der Waals surface area contributed by atoms with E-state index in [1.165, 1.54) is 11.8 Å². The first kappa shape index (κ1) is 8.97. The molecule has 1 fully saturated rings. The van der Waals surface area contributed by atoms with Gasteiger partial charge >= 0.3 is 0 Å². The first-order chi connectivity index (χ1) is 7.33. The van der Waals surface area contributed by atoms with Crippen LogP contribution in [0.25, 0.3) is 11.0 Å². The zero-order valence-electron chi connectivity index (χ0n) is 8.06. The van der Waals surface area contributed by atoms with E-state index >= 15 is 0 Å². The number of nitrogens with zero attached hydrogens (tertiary/aromatic N) is 1. The topological polar surface area (TPSA) is 45.8 Å². The number of H-pyrrole nitrogens is 1. The number of nitrogens with one attached hydrogen (secondary N) is 1. The molecule has 76 valence electrons. The SMILES string of the molecule is O=C(Sc1nc2ccccc2[nH]1)C1CC1. The number of aromatic nitrogens is 2. The molecule has 0 unspecified atom stereocenters. The molecule has 0 aliphatic heterocycles. The third-order valence-corrected chi connectivity index (χ3v) is 3.40. The van der Waals surface area contributed by atoms with Crippen molar-refractivity contribution in [2.45, 2.75) is 18.0 Å². The van der Waals surface area contributed by atoms with Crippen molar-refractivity contribution in [3.05, 3.63) is 24.3 Å². The van der Waals surface area contributed by atoms with Gasteiger partial charge in [0.05, 0.1) is 11.0 Å². The molecule has 0 saturated heterocycles. The van der Waals surface area contributed by atoms with E-state index in [1.54, 1.807) is 0 Å². The van der Waals surface area contributed by atoms with E-state index in [0.29, 0.717) is 5.16 Å². The molecule has 0 radical (unpaired) electrons. The highest BCUT2D eigenvalue weighted by Crippen LogP contribution is 2.36. The zero-order chi connectivity index (χ0) is 10.3. The number of fused-ring (bicyclic) bond motifs is 1. The molecule has 1 aromatic heterocycles. The summed E-state index contributed by atoms with van der Waals surface area (Å²) in [6, 6.07) is 7.81. The Labute approximate surface area is 91.3 Å². The van der Waals surface area contributed by atoms with Crippen LogP contribution >= 0.6 is 11.8 Å². The Kier molecular flexibility index (Phi) is 2.02. The van der Waals surface area contributed by atoms with E-state index in [0.717, 1.165) is 23.9 Å². The Morgan fingerprint density at radius 3 is 2.93 bits per heavy atom. The summed E-state index contributed by atoms with van der Waals surface area (Å²) in [6.07, 6.45) is 2.10. The molecule has 1 N–H and O–H groups in total. The average Bonchev–Trinajstić information content (AvgIpc) is 2.99. The van der Waals surface area contributed by atoms with Crippen LogP contribution in [0.5, 0.6) is 0 Å². The first-order valence-electron chi connectivity index (χ1n) is 4.99. The van der Waals surface area contributed by atoms with Crippen molar-refractivity contribution >= 4 is 27.9 Å². The smallest absolute Gasteiger partial charge is 0.199 e. The van der Waals surface area contributed by atoms with Gasteiger partial charge in [0.1, 0.15) is 0 Å². The quantitative estimate of drug-likeness (QED) is 0.788. The third-order valence-electron chi connectivity index (χ3n) is 2.48. The lowest BCUT2D eigenvalue weighted by Gasteiger charge is -1.91. The van der Waals surface area contributed by atoms with Crippen LogP contribution < -0.4 is 0 Å². The number of para-hydroxylation sites is 2. The van der Waals surface area contributed by atoms with Gasteiger partial charge in [-0.15, -0.1) is 0 Å². The van der Waals surface area contributed by atoms with Gasteiger partial charge in [-0.1, -0.05) is 12.1 Å². The summed E-state index contributed by atoms with van der Waals surface area (Å²) in [5.74, 6) is 0.281. The summed E-state index contributed by atoms with van der Waals surface area (Å²) in [4.78, 5) is 19.0. The lowest BCUT2D eigenvalue weighted by molar-refractivity contribution is -0.112. The monoisotopic (exact) mass is 218 g/mol. The number of benzene rings is 1. The molecule has 2 aromatic rings. The fourth-order valence-corrected chi connectivity index (χ4v) is 2.37. The molecule has 15 heavy (non-hydrogen) atoms. The van der Waals surface area contributed by atoms with E-state index in [1.807, 2.05) is 24.3 Å². The largest absolute Gasteiger partial charge is 0.333 e. The summed E-state index contributed by atoms with van der Waals surface area (Å²) in [6.45, 7) is 0. The van der Waals surface area contributed by atoms with Gasteiger partial charge in [0, 0.05) is 5.92 Å². The Bertz CT molecular complexity index is 483. The van der Waals surface area contributed by atoms with Crippen LogP contribution in [0, 0.1) is 5.92 Å². The second-order valence-corrected chi connectivity index (χ2v) is 4.75. The molecule has 0 atom stereocenters. The minimum atomic E-state index is 0.244. The first-order valence-corrected chi connectivity index (χ1v) is 5.81. The summed E-state index contributed by atoms with van der Waals surface area (Å²) in [5.41, 5.74) is 1.91. The number of aromatic amines is 1. The van der Waals surface area contributed by atoms with Crippen LogP contribution in [0.4, 0.5) is 0 Å². The van der Waals surface area contributed by atoms with Crippen molar-refractivity contribution in [1.82, 2.24) is 9.97 Å². The third kappa shape index (κ3) is 1.77. The molecule has 0 bridgehead atoms. The Morgan fingerprint density at radius 2 is 2.20 bits per heavy atom. The van der Waals surface area contributed by atoms with Gasteiger partial charge in [-0.2, -0.15) is 0 Å². The van der Waals surface area contributed by atoms with E-state index in [4.69, 9.17) is 0 Å². The van der Waals surface area contributed by atoms with Crippen molar-refractivity contribution in [3.63, 3.8) is 0 Å². The number of carbonyl (C=O) groups excluding carboxylic acids is 1. The number of thioether (sulfide) groups is 1. The maximum Gasteiger partial charge on any atom is 0.199 e. The molecule has 1 aromatic carbocycles. The molecule has 0 spiro atoms. The highest BCUT2D eigenvalue weighted by atomic mass is 32.2. The predicted molar refractivity (Wildman–Crippen MR) is 59.7 cm³/mol. The van der Waals surface area contributed by atoms with Crippen molar-refractivity contribution in [2.75, 3.05) is 0 Å². The number of imidazole rings is 1. The summed E-state index contributed by atoms with van der Waals surface area (Å²) < 4.78 is 0. The van der Waals surface area contributed by atoms with Gasteiger partial charge in [-0.3, -0.25) is 4.79 Å². The van der Waals surface area contributed by atoms with Crippen LogP contribution in [-0.4, -0.2) is 15.1 Å². The molecule has 1 heterocycles. The fraction of sp³-hybridized carbons (Fsp3) is 0.273. The maximum absolute atomic E-state index is 11.6. The van der Waals surface area contributed by atoms with Gasteiger partial charge in [0.15, 0.2) is 10.3 Å². The standard InChI is InChI=1S/C11H10N2OS/c14-10(7-5-6-7)15-11-12-8-3-1-2-4-9(8)13-11/h1-4,7H,5-6H2,(H,12,13). The van der Waals surface area contributed by atoms with Crippen LogP contribution in [0.2, 0.25) is 0 Å². The van der Waals surface area contributed by atoms with Crippen molar-refractivity contribution in [3.8, 4) is 0 Å². The lowest BCUT2D eigenvalue weighted by Crippen LogP contribution is -1.93. The van der Waals surface area contributed by atoms with Crippen LogP contribution in [-0.2, 0) is 4.79 Å². The van der Waals surface area contributed by atoms with Crippen molar-refractivity contribution in [1.29, 1.82) is 0 Å². The number of rotatable bonds is 2. The summed E-state index contributed by atoms with van der Waals surface area (Å²) in [5, 5.41) is 0.960. The van der Waals surface area contributed by atoms with Gasteiger partial charge in [-0.25, -0.2) is 4.98 Å². The molecule has 1 aliphatic rings. The second kappa shape index (κ2) is 3.38. The highest BCUT2D eigenvalue weighted by molar-refractivity contribution is 8.13. The molecule has 3 rings (SSSR count). The average molecular weight is 218 g/mol. The van der Waals surface area contributed by atoms with Crippen molar-refractivity contribution < 1.29 is 4.79 Å². The van der Waals surface area contributed by atoms with Crippen LogP contribution in [0.1, 0.15) is 12.8 Å². The molecule has 0 amide bonds.